The van der Waals surface area contributed by atoms with E-state index in [2.05, 4.69) is 27.1 Å². The Morgan fingerprint density at radius 2 is 2.19 bits per heavy atom. The smallest absolute Gasteiger partial charge is 0.170 e. The summed E-state index contributed by atoms with van der Waals surface area (Å²) in [4.78, 5) is 0. The van der Waals surface area contributed by atoms with Crippen LogP contribution in [-0.2, 0) is 20.0 Å². The lowest BCUT2D eigenvalue weighted by atomic mass is 10.1. The Balaban J connectivity index is 1.90. The molecule has 6 heteroatoms. The number of nitrogens with zero attached hydrogens (tertiary/aromatic N) is 4. The molecule has 0 unspecified atom stereocenters. The minimum Gasteiger partial charge on any atom is -0.409 e. The maximum atomic E-state index is 8.79. The second-order valence-corrected chi connectivity index (χ2v) is 4.96. The van der Waals surface area contributed by atoms with Crippen molar-refractivity contribution in [1.82, 2.24) is 14.3 Å². The molecular formula is C15H17N5O. The molecule has 3 N–H and O–H groups in total. The highest BCUT2D eigenvalue weighted by molar-refractivity contribution is 6.00. The van der Waals surface area contributed by atoms with Crippen LogP contribution in [0.1, 0.15) is 11.3 Å². The number of aromatic nitrogens is 3. The van der Waals surface area contributed by atoms with Gasteiger partial charge in [0.1, 0.15) is 0 Å². The number of oxime groups is 1. The van der Waals surface area contributed by atoms with Gasteiger partial charge in [0.25, 0.3) is 0 Å². The van der Waals surface area contributed by atoms with Crippen LogP contribution in [0.4, 0.5) is 0 Å². The first-order valence-corrected chi connectivity index (χ1v) is 6.72. The first-order valence-electron chi connectivity index (χ1n) is 6.72. The van der Waals surface area contributed by atoms with Crippen molar-refractivity contribution >= 4 is 16.7 Å². The lowest BCUT2D eigenvalue weighted by molar-refractivity contribution is 0.318. The normalized spacial score (nSPS) is 12.1. The highest BCUT2D eigenvalue weighted by atomic mass is 16.4. The van der Waals surface area contributed by atoms with Crippen LogP contribution in [0.2, 0.25) is 0 Å². The number of benzene rings is 1. The van der Waals surface area contributed by atoms with E-state index in [0.29, 0.717) is 5.56 Å². The second kappa shape index (κ2) is 5.32. The molecule has 0 aliphatic heterocycles. The van der Waals surface area contributed by atoms with Crippen molar-refractivity contribution in [2.75, 3.05) is 0 Å². The topological polar surface area (TPSA) is 81.4 Å². The van der Waals surface area contributed by atoms with E-state index >= 15 is 0 Å². The molecule has 0 radical (unpaired) electrons. The molecule has 0 atom stereocenters. The summed E-state index contributed by atoms with van der Waals surface area (Å²) in [5, 5.41) is 17.1. The Morgan fingerprint density at radius 1 is 1.33 bits per heavy atom. The van der Waals surface area contributed by atoms with E-state index in [-0.39, 0.29) is 5.84 Å². The largest absolute Gasteiger partial charge is 0.409 e. The summed E-state index contributed by atoms with van der Waals surface area (Å²) in [6, 6.07) is 9.85. The average molecular weight is 283 g/mol. The first kappa shape index (κ1) is 13.2. The van der Waals surface area contributed by atoms with Gasteiger partial charge >= 0.3 is 0 Å². The molecule has 0 saturated carbocycles. The molecule has 1 aromatic carbocycles. The lowest BCUT2D eigenvalue weighted by Crippen LogP contribution is -2.13. The third-order valence-corrected chi connectivity index (χ3v) is 3.71. The predicted molar refractivity (Wildman–Crippen MR) is 81.4 cm³/mol. The molecule has 6 nitrogen and oxygen atoms in total. The van der Waals surface area contributed by atoms with Crippen molar-refractivity contribution in [1.29, 1.82) is 0 Å². The van der Waals surface area contributed by atoms with Crippen molar-refractivity contribution in [3.63, 3.8) is 0 Å². The number of amidine groups is 1. The molecule has 2 aromatic heterocycles. The highest BCUT2D eigenvalue weighted by Gasteiger charge is 2.06. The van der Waals surface area contributed by atoms with Crippen LogP contribution < -0.4 is 5.73 Å². The number of nitrogens with two attached hydrogens (primary N) is 1. The first-order chi connectivity index (χ1) is 10.2. The standard InChI is InChI=1S/C15H17N5O/c1-19-13(4-7-17-19)6-9-20-8-5-11-2-3-12(10-14(11)20)15(16)18-21/h2-5,7-8,10,21H,6,9H2,1H3,(H2,16,18). The van der Waals surface area contributed by atoms with E-state index in [9.17, 15) is 0 Å². The summed E-state index contributed by atoms with van der Waals surface area (Å²) in [5.74, 6) is 0.122. The Labute approximate surface area is 122 Å². The molecule has 2 heterocycles. The monoisotopic (exact) mass is 283 g/mol. The molecular weight excluding hydrogens is 266 g/mol. The van der Waals surface area contributed by atoms with Crippen molar-refractivity contribution < 1.29 is 5.21 Å². The highest BCUT2D eigenvalue weighted by Crippen LogP contribution is 2.18. The fourth-order valence-electron chi connectivity index (χ4n) is 2.48. The molecule has 108 valence electrons. The molecule has 0 aliphatic rings. The van der Waals surface area contributed by atoms with Crippen molar-refractivity contribution in [3.8, 4) is 0 Å². The maximum absolute atomic E-state index is 8.79. The Hall–Kier alpha value is -2.76. The van der Waals surface area contributed by atoms with E-state index in [1.807, 2.05) is 36.0 Å². The Morgan fingerprint density at radius 3 is 2.90 bits per heavy atom. The number of hydrogen-bond donors (Lipinski definition) is 2. The van der Waals surface area contributed by atoms with Crippen LogP contribution in [-0.4, -0.2) is 25.4 Å². The van der Waals surface area contributed by atoms with Crippen LogP contribution in [0, 0.1) is 0 Å². The lowest BCUT2D eigenvalue weighted by Gasteiger charge is -2.07. The van der Waals surface area contributed by atoms with Crippen molar-refractivity contribution in [3.05, 3.63) is 54.0 Å². The molecule has 0 saturated heterocycles. The zero-order valence-electron chi connectivity index (χ0n) is 11.8. The predicted octanol–water partition coefficient (Wildman–Crippen LogP) is 1.71. The third kappa shape index (κ3) is 2.47. The minimum atomic E-state index is 0.122. The molecule has 3 rings (SSSR count). The summed E-state index contributed by atoms with van der Waals surface area (Å²) in [6.07, 6.45) is 4.75. The average Bonchev–Trinajstić information content (AvgIpc) is 3.10. The summed E-state index contributed by atoms with van der Waals surface area (Å²) >= 11 is 0. The van der Waals surface area contributed by atoms with Gasteiger partial charge in [-0.1, -0.05) is 17.3 Å². The minimum absolute atomic E-state index is 0.122. The molecule has 0 bridgehead atoms. The number of rotatable bonds is 4. The van der Waals surface area contributed by atoms with Gasteiger partial charge in [0.2, 0.25) is 0 Å². The van der Waals surface area contributed by atoms with Gasteiger partial charge < -0.3 is 15.5 Å². The number of hydrogen-bond acceptors (Lipinski definition) is 3. The third-order valence-electron chi connectivity index (χ3n) is 3.71. The van der Waals surface area contributed by atoms with E-state index in [4.69, 9.17) is 10.9 Å². The molecule has 0 aliphatic carbocycles. The summed E-state index contributed by atoms with van der Waals surface area (Å²) in [5.41, 5.74) is 8.62. The Kier molecular flexibility index (Phi) is 3.35. The van der Waals surface area contributed by atoms with Gasteiger partial charge in [0.15, 0.2) is 5.84 Å². The van der Waals surface area contributed by atoms with Crippen LogP contribution in [0.3, 0.4) is 0 Å². The summed E-state index contributed by atoms with van der Waals surface area (Å²) in [6.45, 7) is 0.850. The van der Waals surface area contributed by atoms with Gasteiger partial charge in [-0.05, 0) is 23.6 Å². The molecule has 3 aromatic rings. The SMILES string of the molecule is Cn1nccc1CCn1ccc2ccc(/C(N)=N/O)cc21. The molecule has 0 amide bonds. The molecule has 21 heavy (non-hydrogen) atoms. The van der Waals surface area contributed by atoms with Crippen LogP contribution in [0.5, 0.6) is 0 Å². The summed E-state index contributed by atoms with van der Waals surface area (Å²) < 4.78 is 4.05. The van der Waals surface area contributed by atoms with E-state index in [1.54, 1.807) is 6.20 Å². The van der Waals surface area contributed by atoms with Crippen molar-refractivity contribution in [2.45, 2.75) is 13.0 Å². The quantitative estimate of drug-likeness (QED) is 0.331. The van der Waals surface area contributed by atoms with E-state index < -0.39 is 0 Å². The van der Waals surface area contributed by atoms with Crippen LogP contribution in [0.25, 0.3) is 10.9 Å². The maximum Gasteiger partial charge on any atom is 0.170 e. The summed E-state index contributed by atoms with van der Waals surface area (Å²) in [7, 11) is 1.94. The zero-order valence-corrected chi connectivity index (χ0v) is 11.8. The molecule has 0 spiro atoms. The fraction of sp³-hybridized carbons (Fsp3) is 0.200. The van der Waals surface area contributed by atoms with E-state index in [0.717, 1.165) is 23.9 Å². The van der Waals surface area contributed by atoms with Crippen molar-refractivity contribution in [2.24, 2.45) is 17.9 Å². The van der Waals surface area contributed by atoms with Crippen LogP contribution in [0.15, 0.2) is 47.9 Å². The Bertz CT molecular complexity index is 799. The zero-order chi connectivity index (χ0) is 14.8. The van der Waals surface area contributed by atoms with Gasteiger partial charge in [0, 0.05) is 49.2 Å². The van der Waals surface area contributed by atoms with Crippen LogP contribution >= 0.6 is 0 Å². The van der Waals surface area contributed by atoms with Gasteiger partial charge in [-0.3, -0.25) is 4.68 Å². The van der Waals surface area contributed by atoms with Gasteiger partial charge in [-0.2, -0.15) is 5.10 Å². The van der Waals surface area contributed by atoms with Gasteiger partial charge in [-0.25, -0.2) is 0 Å². The second-order valence-electron chi connectivity index (χ2n) is 4.96. The molecule has 0 fully saturated rings. The fourth-order valence-corrected chi connectivity index (χ4v) is 2.48. The van der Waals surface area contributed by atoms with Gasteiger partial charge in [-0.15, -0.1) is 0 Å². The number of fused-ring (bicyclic) bond motifs is 1. The number of aryl methyl sites for hydroxylation is 3. The van der Waals surface area contributed by atoms with E-state index in [1.165, 1.54) is 5.69 Å². The van der Waals surface area contributed by atoms with Gasteiger partial charge in [0.05, 0.1) is 0 Å².